The summed E-state index contributed by atoms with van der Waals surface area (Å²) in [5, 5.41) is 0. The number of hydrogen-bond donors (Lipinski definition) is 0. The number of furan rings is 1. The Labute approximate surface area is 113 Å². The maximum atomic E-state index is 5.49. The Kier molecular flexibility index (Phi) is 5.86. The van der Waals surface area contributed by atoms with Crippen molar-refractivity contribution >= 4 is 23.5 Å². The van der Waals surface area contributed by atoms with E-state index in [0.717, 1.165) is 22.7 Å². The molecule has 0 amide bonds. The summed E-state index contributed by atoms with van der Waals surface area (Å²) in [5.41, 5.74) is 0. The monoisotopic (exact) mass is 270 g/mol. The minimum Gasteiger partial charge on any atom is -0.469 e. The highest BCUT2D eigenvalue weighted by atomic mass is 32.2. The van der Waals surface area contributed by atoms with Gasteiger partial charge in [0, 0.05) is 6.42 Å². The molecule has 2 heterocycles. The molecule has 0 radical (unpaired) electrons. The van der Waals surface area contributed by atoms with Crippen molar-refractivity contribution in [2.45, 2.75) is 43.6 Å². The molecule has 0 aliphatic carbocycles. The Morgan fingerprint density at radius 1 is 1.41 bits per heavy atom. The van der Waals surface area contributed by atoms with E-state index in [9.17, 15) is 0 Å². The van der Waals surface area contributed by atoms with Gasteiger partial charge in [-0.15, -0.1) is 23.5 Å². The summed E-state index contributed by atoms with van der Waals surface area (Å²) in [6.07, 6.45) is 8.28. The number of thioether (sulfide) groups is 2. The van der Waals surface area contributed by atoms with E-state index in [-0.39, 0.29) is 0 Å². The van der Waals surface area contributed by atoms with Crippen molar-refractivity contribution in [3.8, 4) is 0 Å². The zero-order valence-electron chi connectivity index (χ0n) is 10.6. The van der Waals surface area contributed by atoms with Crippen molar-refractivity contribution in [1.29, 1.82) is 0 Å². The maximum absolute atomic E-state index is 5.49. The first kappa shape index (κ1) is 13.4. The van der Waals surface area contributed by atoms with Gasteiger partial charge in [-0.25, -0.2) is 0 Å². The van der Waals surface area contributed by atoms with Crippen LogP contribution in [0.4, 0.5) is 0 Å². The van der Waals surface area contributed by atoms with Crippen LogP contribution < -0.4 is 0 Å². The van der Waals surface area contributed by atoms with Crippen molar-refractivity contribution in [1.82, 2.24) is 0 Å². The Morgan fingerprint density at radius 2 is 2.24 bits per heavy atom. The van der Waals surface area contributed by atoms with Gasteiger partial charge in [0.05, 0.1) is 10.8 Å². The standard InChI is InChI=1S/C14H22OS2/c1-2-5-12(10-13-6-3-7-15-13)11-14-16-8-4-9-17-14/h3,6-7,12,14H,2,4-5,8-11H2,1H3. The molecule has 1 fully saturated rings. The summed E-state index contributed by atoms with van der Waals surface area (Å²) in [7, 11) is 0. The fourth-order valence-electron chi connectivity index (χ4n) is 2.37. The van der Waals surface area contributed by atoms with Crippen LogP contribution in [-0.4, -0.2) is 16.1 Å². The minimum atomic E-state index is 0.800. The lowest BCUT2D eigenvalue weighted by Gasteiger charge is -2.25. The Bertz CT molecular complexity index is 291. The molecule has 1 aromatic heterocycles. The molecule has 1 aromatic rings. The first-order chi connectivity index (χ1) is 8.38. The van der Waals surface area contributed by atoms with Gasteiger partial charge in [0.1, 0.15) is 5.76 Å². The SMILES string of the molecule is CCCC(Cc1ccco1)CC1SCCCS1. The van der Waals surface area contributed by atoms with Crippen LogP contribution in [0.3, 0.4) is 0 Å². The topological polar surface area (TPSA) is 13.1 Å². The summed E-state index contributed by atoms with van der Waals surface area (Å²) >= 11 is 4.32. The lowest BCUT2D eigenvalue weighted by molar-refractivity contribution is 0.404. The van der Waals surface area contributed by atoms with Crippen LogP contribution in [0.5, 0.6) is 0 Å². The number of rotatable bonds is 6. The van der Waals surface area contributed by atoms with Crippen molar-refractivity contribution in [2.24, 2.45) is 5.92 Å². The van der Waals surface area contributed by atoms with Crippen LogP contribution in [0.2, 0.25) is 0 Å². The minimum absolute atomic E-state index is 0.800. The van der Waals surface area contributed by atoms with Crippen LogP contribution in [-0.2, 0) is 6.42 Å². The molecule has 1 atom stereocenters. The van der Waals surface area contributed by atoms with Gasteiger partial charge in [-0.3, -0.25) is 0 Å². The van der Waals surface area contributed by atoms with Crippen LogP contribution in [0, 0.1) is 5.92 Å². The first-order valence-corrected chi connectivity index (χ1v) is 8.74. The highest BCUT2D eigenvalue weighted by Crippen LogP contribution is 2.36. The molecule has 1 unspecified atom stereocenters. The third-order valence-corrected chi connectivity index (χ3v) is 6.18. The van der Waals surface area contributed by atoms with E-state index in [1.807, 2.05) is 6.07 Å². The zero-order chi connectivity index (χ0) is 11.9. The quantitative estimate of drug-likeness (QED) is 0.735. The Morgan fingerprint density at radius 3 is 2.88 bits per heavy atom. The molecule has 3 heteroatoms. The zero-order valence-corrected chi connectivity index (χ0v) is 12.2. The van der Waals surface area contributed by atoms with E-state index in [1.54, 1.807) is 6.26 Å². The van der Waals surface area contributed by atoms with Crippen LogP contribution in [0.15, 0.2) is 22.8 Å². The Hall–Kier alpha value is -0.0200. The van der Waals surface area contributed by atoms with Gasteiger partial charge in [0.2, 0.25) is 0 Å². The molecule has 1 saturated heterocycles. The molecule has 0 spiro atoms. The highest BCUT2D eigenvalue weighted by Gasteiger charge is 2.20. The van der Waals surface area contributed by atoms with Gasteiger partial charge in [-0.2, -0.15) is 0 Å². The summed E-state index contributed by atoms with van der Waals surface area (Å²) in [6, 6.07) is 4.12. The normalized spacial score (nSPS) is 19.4. The van der Waals surface area contributed by atoms with Gasteiger partial charge >= 0.3 is 0 Å². The van der Waals surface area contributed by atoms with E-state index in [0.29, 0.717) is 0 Å². The predicted octanol–water partition coefficient (Wildman–Crippen LogP) is 4.82. The summed E-state index contributed by atoms with van der Waals surface area (Å²) in [4.78, 5) is 0. The van der Waals surface area contributed by atoms with Crippen molar-refractivity contribution < 1.29 is 4.42 Å². The predicted molar refractivity (Wildman–Crippen MR) is 78.7 cm³/mol. The lowest BCUT2D eigenvalue weighted by Crippen LogP contribution is -2.14. The van der Waals surface area contributed by atoms with E-state index in [4.69, 9.17) is 4.42 Å². The van der Waals surface area contributed by atoms with Crippen LogP contribution in [0.25, 0.3) is 0 Å². The van der Waals surface area contributed by atoms with E-state index in [2.05, 4.69) is 36.5 Å². The molecule has 1 aliphatic heterocycles. The molecule has 96 valence electrons. The molecule has 2 rings (SSSR count). The molecule has 0 aromatic carbocycles. The molecule has 0 saturated carbocycles. The largest absolute Gasteiger partial charge is 0.469 e. The fraction of sp³-hybridized carbons (Fsp3) is 0.714. The van der Waals surface area contributed by atoms with E-state index in [1.165, 1.54) is 37.2 Å². The van der Waals surface area contributed by atoms with Gasteiger partial charge in [-0.1, -0.05) is 19.8 Å². The molecular formula is C14H22OS2. The van der Waals surface area contributed by atoms with Gasteiger partial charge in [0.25, 0.3) is 0 Å². The van der Waals surface area contributed by atoms with E-state index < -0.39 is 0 Å². The lowest BCUT2D eigenvalue weighted by atomic mass is 9.96. The fourth-order valence-corrected chi connectivity index (χ4v) is 5.48. The van der Waals surface area contributed by atoms with Gasteiger partial charge < -0.3 is 4.42 Å². The smallest absolute Gasteiger partial charge is 0.104 e. The van der Waals surface area contributed by atoms with Crippen LogP contribution in [0.1, 0.15) is 38.4 Å². The van der Waals surface area contributed by atoms with Gasteiger partial charge in [-0.05, 0) is 42.4 Å². The van der Waals surface area contributed by atoms with E-state index >= 15 is 0 Å². The summed E-state index contributed by atoms with van der Waals surface area (Å²) in [6.45, 7) is 2.29. The third kappa shape index (κ3) is 4.63. The van der Waals surface area contributed by atoms with Crippen molar-refractivity contribution in [3.63, 3.8) is 0 Å². The second-order valence-electron chi connectivity index (χ2n) is 4.70. The molecule has 0 bridgehead atoms. The molecule has 1 nitrogen and oxygen atoms in total. The third-order valence-electron chi connectivity index (χ3n) is 3.19. The average molecular weight is 270 g/mol. The first-order valence-electron chi connectivity index (χ1n) is 6.64. The second kappa shape index (κ2) is 7.42. The summed E-state index contributed by atoms with van der Waals surface area (Å²) in [5.74, 6) is 4.68. The average Bonchev–Trinajstić information content (AvgIpc) is 2.83. The Balaban J connectivity index is 1.83. The van der Waals surface area contributed by atoms with Crippen molar-refractivity contribution in [2.75, 3.05) is 11.5 Å². The second-order valence-corrected chi connectivity index (χ2v) is 7.62. The van der Waals surface area contributed by atoms with Crippen LogP contribution >= 0.6 is 23.5 Å². The molecule has 0 N–H and O–H groups in total. The molecule has 1 aliphatic rings. The van der Waals surface area contributed by atoms with Gasteiger partial charge in [0.15, 0.2) is 0 Å². The molecule has 17 heavy (non-hydrogen) atoms. The number of hydrogen-bond acceptors (Lipinski definition) is 3. The maximum Gasteiger partial charge on any atom is 0.104 e. The summed E-state index contributed by atoms with van der Waals surface area (Å²) < 4.78 is 6.31. The van der Waals surface area contributed by atoms with Crippen molar-refractivity contribution in [3.05, 3.63) is 24.2 Å². The molecular weight excluding hydrogens is 248 g/mol. The highest BCUT2D eigenvalue weighted by molar-refractivity contribution is 8.17.